The van der Waals surface area contributed by atoms with E-state index in [4.69, 9.17) is 7.85 Å². The molecular formula is C15H11BFN3O. The van der Waals surface area contributed by atoms with E-state index in [9.17, 15) is 9.50 Å². The van der Waals surface area contributed by atoms with Crippen molar-refractivity contribution in [2.24, 2.45) is 0 Å². The van der Waals surface area contributed by atoms with Crippen molar-refractivity contribution in [3.05, 3.63) is 48.0 Å². The molecule has 2 N–H and O–H groups in total. The summed E-state index contributed by atoms with van der Waals surface area (Å²) in [5.41, 5.74) is 1.86. The van der Waals surface area contributed by atoms with Crippen molar-refractivity contribution in [1.29, 1.82) is 0 Å². The fourth-order valence-electron chi connectivity index (χ4n) is 2.06. The van der Waals surface area contributed by atoms with E-state index in [-0.39, 0.29) is 11.4 Å². The quantitative estimate of drug-likeness (QED) is 0.707. The van der Waals surface area contributed by atoms with E-state index in [0.717, 1.165) is 0 Å². The highest BCUT2D eigenvalue weighted by Gasteiger charge is 2.10. The highest BCUT2D eigenvalue weighted by Crippen LogP contribution is 2.28. The van der Waals surface area contributed by atoms with E-state index >= 15 is 0 Å². The molecule has 3 aromatic rings. The molecule has 0 spiro atoms. The van der Waals surface area contributed by atoms with Gasteiger partial charge in [0.05, 0.1) is 11.2 Å². The number of fused-ring (bicyclic) bond motifs is 1. The first kappa shape index (κ1) is 13.4. The van der Waals surface area contributed by atoms with E-state index < -0.39 is 5.82 Å². The van der Waals surface area contributed by atoms with E-state index in [2.05, 4.69) is 15.3 Å². The van der Waals surface area contributed by atoms with Gasteiger partial charge in [-0.2, -0.15) is 0 Å². The minimum Gasteiger partial charge on any atom is -0.508 e. The SMILES string of the molecule is [B]c1ccc2ncnc(Nc3cc(O)c(C)cc3F)c2c1. The average molecular weight is 279 g/mol. The Hall–Kier alpha value is -2.63. The number of halogens is 1. The lowest BCUT2D eigenvalue weighted by atomic mass is 9.95. The predicted octanol–water partition coefficient (Wildman–Crippen LogP) is 2.32. The number of benzene rings is 2. The molecule has 2 radical (unpaired) electrons. The summed E-state index contributed by atoms with van der Waals surface area (Å²) in [5, 5.41) is 13.2. The molecule has 0 atom stereocenters. The zero-order chi connectivity index (χ0) is 15.0. The Morgan fingerprint density at radius 2 is 2.00 bits per heavy atom. The third-order valence-corrected chi connectivity index (χ3v) is 3.20. The minimum absolute atomic E-state index is 0.0109. The van der Waals surface area contributed by atoms with Gasteiger partial charge in [-0.25, -0.2) is 14.4 Å². The van der Waals surface area contributed by atoms with Crippen LogP contribution >= 0.6 is 0 Å². The summed E-state index contributed by atoms with van der Waals surface area (Å²) in [6.07, 6.45) is 1.38. The van der Waals surface area contributed by atoms with Gasteiger partial charge < -0.3 is 10.4 Å². The highest BCUT2D eigenvalue weighted by atomic mass is 19.1. The van der Waals surface area contributed by atoms with Crippen LogP contribution in [0.15, 0.2) is 36.7 Å². The van der Waals surface area contributed by atoms with E-state index in [1.165, 1.54) is 18.5 Å². The summed E-state index contributed by atoms with van der Waals surface area (Å²) in [4.78, 5) is 8.24. The van der Waals surface area contributed by atoms with Crippen LogP contribution in [-0.2, 0) is 0 Å². The topological polar surface area (TPSA) is 58.0 Å². The molecule has 0 aliphatic rings. The number of hydrogen-bond donors (Lipinski definition) is 2. The third-order valence-electron chi connectivity index (χ3n) is 3.20. The van der Waals surface area contributed by atoms with Gasteiger partial charge in [-0.15, -0.1) is 0 Å². The van der Waals surface area contributed by atoms with Gasteiger partial charge in [-0.05, 0) is 24.6 Å². The van der Waals surface area contributed by atoms with Crippen LogP contribution in [0.1, 0.15) is 5.56 Å². The number of aromatic hydroxyl groups is 1. The Labute approximate surface area is 122 Å². The Morgan fingerprint density at radius 3 is 2.81 bits per heavy atom. The first-order valence-electron chi connectivity index (χ1n) is 6.31. The van der Waals surface area contributed by atoms with Crippen LogP contribution in [0.4, 0.5) is 15.9 Å². The molecule has 21 heavy (non-hydrogen) atoms. The van der Waals surface area contributed by atoms with Crippen LogP contribution in [0.25, 0.3) is 10.9 Å². The number of aryl methyl sites for hydroxylation is 1. The normalized spacial score (nSPS) is 10.8. The monoisotopic (exact) mass is 279 g/mol. The fourth-order valence-corrected chi connectivity index (χ4v) is 2.06. The Bertz CT molecular complexity index is 839. The van der Waals surface area contributed by atoms with Gasteiger partial charge in [-0.3, -0.25) is 0 Å². The maximum Gasteiger partial charge on any atom is 0.147 e. The first-order chi connectivity index (χ1) is 10.0. The molecule has 2 aromatic carbocycles. The standard InChI is InChI=1S/C15H11BFN3O/c1-8-4-11(17)13(6-14(8)21)20-15-10-5-9(16)2-3-12(10)18-7-19-15/h2-7,21H,1H3,(H,18,19,20). The summed E-state index contributed by atoms with van der Waals surface area (Å²) in [7, 11) is 5.76. The van der Waals surface area contributed by atoms with Gasteiger partial charge in [0.15, 0.2) is 0 Å². The molecule has 102 valence electrons. The second kappa shape index (κ2) is 5.05. The van der Waals surface area contributed by atoms with E-state index in [1.54, 1.807) is 25.1 Å². The van der Waals surface area contributed by atoms with Crippen molar-refractivity contribution in [2.45, 2.75) is 6.92 Å². The Kier molecular flexibility index (Phi) is 3.21. The Morgan fingerprint density at radius 1 is 1.19 bits per heavy atom. The number of nitrogens with one attached hydrogen (secondary N) is 1. The molecule has 1 aromatic heterocycles. The van der Waals surface area contributed by atoms with Crippen molar-refractivity contribution < 1.29 is 9.50 Å². The smallest absolute Gasteiger partial charge is 0.147 e. The van der Waals surface area contributed by atoms with Gasteiger partial charge in [0.2, 0.25) is 0 Å². The van der Waals surface area contributed by atoms with Crippen LogP contribution < -0.4 is 10.8 Å². The third kappa shape index (κ3) is 2.52. The molecule has 4 nitrogen and oxygen atoms in total. The number of phenols is 1. The minimum atomic E-state index is -0.471. The molecule has 0 amide bonds. The maximum atomic E-state index is 14.0. The molecule has 0 aliphatic heterocycles. The van der Waals surface area contributed by atoms with Crippen molar-refractivity contribution >= 4 is 35.7 Å². The lowest BCUT2D eigenvalue weighted by molar-refractivity contribution is 0.469. The van der Waals surface area contributed by atoms with Crippen LogP contribution in [0, 0.1) is 12.7 Å². The van der Waals surface area contributed by atoms with Gasteiger partial charge >= 0.3 is 0 Å². The largest absolute Gasteiger partial charge is 0.508 e. The van der Waals surface area contributed by atoms with Crippen molar-refractivity contribution in [3.63, 3.8) is 0 Å². The molecule has 0 saturated heterocycles. The van der Waals surface area contributed by atoms with Gasteiger partial charge in [0, 0.05) is 11.5 Å². The van der Waals surface area contributed by atoms with Crippen molar-refractivity contribution in [2.75, 3.05) is 5.32 Å². The molecule has 0 saturated carbocycles. The van der Waals surface area contributed by atoms with E-state index in [1.807, 2.05) is 0 Å². The van der Waals surface area contributed by atoms with Crippen molar-refractivity contribution in [1.82, 2.24) is 9.97 Å². The zero-order valence-electron chi connectivity index (χ0n) is 11.3. The number of aromatic nitrogens is 2. The first-order valence-corrected chi connectivity index (χ1v) is 6.31. The van der Waals surface area contributed by atoms with Crippen molar-refractivity contribution in [3.8, 4) is 5.75 Å². The molecule has 6 heteroatoms. The number of rotatable bonds is 2. The predicted molar refractivity (Wildman–Crippen MR) is 81.0 cm³/mol. The molecule has 0 fully saturated rings. The lowest BCUT2D eigenvalue weighted by Gasteiger charge is -2.11. The van der Waals surface area contributed by atoms with Crippen LogP contribution in [0.5, 0.6) is 5.75 Å². The second-order valence-corrected chi connectivity index (χ2v) is 4.74. The summed E-state index contributed by atoms with van der Waals surface area (Å²) < 4.78 is 14.0. The van der Waals surface area contributed by atoms with Crippen LogP contribution in [0.2, 0.25) is 0 Å². The number of hydrogen-bond acceptors (Lipinski definition) is 4. The molecule has 1 heterocycles. The maximum absolute atomic E-state index is 14.0. The van der Waals surface area contributed by atoms with Gasteiger partial charge in [0.25, 0.3) is 0 Å². The molecular weight excluding hydrogens is 268 g/mol. The van der Waals surface area contributed by atoms with Gasteiger partial charge in [-0.1, -0.05) is 17.6 Å². The molecule has 3 rings (SSSR count). The average Bonchev–Trinajstić information content (AvgIpc) is 2.45. The molecule has 0 unspecified atom stereocenters. The summed E-state index contributed by atoms with van der Waals surface area (Å²) in [6.45, 7) is 1.63. The number of nitrogens with zero attached hydrogens (tertiary/aromatic N) is 2. The number of phenolic OH excluding ortho intramolecular Hbond substituents is 1. The zero-order valence-corrected chi connectivity index (χ0v) is 11.3. The molecule has 0 aliphatic carbocycles. The summed E-state index contributed by atoms with van der Waals surface area (Å²) in [6, 6.07) is 7.79. The van der Waals surface area contributed by atoms with Crippen LogP contribution in [0.3, 0.4) is 0 Å². The van der Waals surface area contributed by atoms with Gasteiger partial charge in [0.1, 0.15) is 31.6 Å². The second-order valence-electron chi connectivity index (χ2n) is 4.74. The molecule has 0 bridgehead atoms. The fraction of sp³-hybridized carbons (Fsp3) is 0.0667. The summed E-state index contributed by atoms with van der Waals surface area (Å²) >= 11 is 0. The Balaban J connectivity index is 2.10. The summed E-state index contributed by atoms with van der Waals surface area (Å²) in [5.74, 6) is -0.0350. The number of anilines is 2. The van der Waals surface area contributed by atoms with E-state index in [0.29, 0.717) is 27.7 Å². The lowest BCUT2D eigenvalue weighted by Crippen LogP contribution is -2.04. The van der Waals surface area contributed by atoms with Crippen LogP contribution in [-0.4, -0.2) is 22.9 Å². The highest BCUT2D eigenvalue weighted by molar-refractivity contribution is 6.33.